The smallest absolute Gasteiger partial charge is 0.307 e. The summed E-state index contributed by atoms with van der Waals surface area (Å²) in [5.41, 5.74) is 10.4. The van der Waals surface area contributed by atoms with Gasteiger partial charge in [0.2, 0.25) is 5.89 Å². The average molecular weight is 664 g/mol. The second-order valence-corrected chi connectivity index (χ2v) is 13.5. The molecule has 250 valence electrons. The van der Waals surface area contributed by atoms with E-state index in [1.807, 2.05) is 48.8 Å². The fourth-order valence-electron chi connectivity index (χ4n) is 7.25. The highest BCUT2D eigenvalue weighted by Gasteiger charge is 2.28. The predicted octanol–water partition coefficient (Wildman–Crippen LogP) is 7.45. The quantitative estimate of drug-likeness (QED) is 0.161. The SMILES string of the molecule is Cc1c(Nc2nccc3cc(CN4CCC4)cnc23)cccc1-c1cccc(-c2nc3cc(CN4CC[C@@H](C(=O)O)C4)cc(C#N)c3o2)c1C. The molecule has 2 aliphatic heterocycles. The van der Waals surface area contributed by atoms with Crippen molar-refractivity contribution in [2.75, 3.05) is 31.5 Å². The Labute approximate surface area is 290 Å². The van der Waals surface area contributed by atoms with Gasteiger partial charge in [0.15, 0.2) is 11.4 Å². The molecule has 0 aliphatic carbocycles. The molecule has 0 amide bonds. The zero-order chi connectivity index (χ0) is 34.4. The van der Waals surface area contributed by atoms with E-state index in [1.54, 1.807) is 0 Å². The standard InChI is InChI=1S/C40H37N7O3/c1-24-31(32-7-4-9-34(25(32)2)44-38-36-28(10-12-42-38)17-27(20-43-36)22-46-13-5-14-46)6-3-8-33(24)39-45-35-18-26(16-30(19-41)37(35)50-39)21-47-15-11-29(23-47)40(48)49/h3-4,6-10,12,16-18,20,29H,5,11,13-15,21-23H2,1-2H3,(H,42,44)(H,48,49)/t29-/m1/s1. The first-order chi connectivity index (χ1) is 24.3. The minimum atomic E-state index is -0.761. The Morgan fingerprint density at radius 1 is 0.960 bits per heavy atom. The number of hydrogen-bond donors (Lipinski definition) is 2. The molecule has 50 heavy (non-hydrogen) atoms. The number of aliphatic carboxylic acids is 1. The molecular weight excluding hydrogens is 626 g/mol. The van der Waals surface area contributed by atoms with E-state index in [2.05, 4.69) is 64.3 Å². The number of carbonyl (C=O) groups is 1. The predicted molar refractivity (Wildman–Crippen MR) is 193 cm³/mol. The monoisotopic (exact) mass is 663 g/mol. The van der Waals surface area contributed by atoms with Crippen LogP contribution >= 0.6 is 0 Å². The number of benzene rings is 3. The van der Waals surface area contributed by atoms with Crippen LogP contribution in [0, 0.1) is 31.1 Å². The van der Waals surface area contributed by atoms with Crippen LogP contribution in [0.1, 0.15) is 40.7 Å². The summed E-state index contributed by atoms with van der Waals surface area (Å²) in [6.45, 7) is 9.15. The third-order valence-electron chi connectivity index (χ3n) is 10.2. The van der Waals surface area contributed by atoms with Gasteiger partial charge in [0, 0.05) is 48.7 Å². The van der Waals surface area contributed by atoms with Crippen molar-refractivity contribution in [2.24, 2.45) is 5.92 Å². The van der Waals surface area contributed by atoms with Gasteiger partial charge in [-0.25, -0.2) is 9.97 Å². The van der Waals surface area contributed by atoms with Crippen LogP contribution in [-0.2, 0) is 17.9 Å². The van der Waals surface area contributed by atoms with Crippen molar-refractivity contribution in [1.29, 1.82) is 5.26 Å². The molecule has 0 radical (unpaired) electrons. The number of carboxylic acid groups (broad SMARTS) is 1. The Balaban J connectivity index is 1.08. The van der Waals surface area contributed by atoms with Crippen LogP contribution in [0.3, 0.4) is 0 Å². The molecule has 0 unspecified atom stereocenters. The van der Waals surface area contributed by atoms with Crippen molar-refractivity contribution in [3.8, 4) is 28.7 Å². The Morgan fingerprint density at radius 2 is 1.74 bits per heavy atom. The third kappa shape index (κ3) is 5.95. The van der Waals surface area contributed by atoms with Crippen molar-refractivity contribution in [2.45, 2.75) is 39.8 Å². The molecule has 2 saturated heterocycles. The Bertz CT molecular complexity index is 2320. The summed E-state index contributed by atoms with van der Waals surface area (Å²) in [4.78, 5) is 30.3. The minimum absolute atomic E-state index is 0.358. The fourth-order valence-corrected chi connectivity index (χ4v) is 7.25. The number of anilines is 2. The summed E-state index contributed by atoms with van der Waals surface area (Å²) in [6, 6.07) is 22.6. The molecule has 6 aromatic rings. The van der Waals surface area contributed by atoms with E-state index in [9.17, 15) is 15.2 Å². The van der Waals surface area contributed by atoms with Gasteiger partial charge in [-0.3, -0.25) is 19.6 Å². The van der Waals surface area contributed by atoms with Gasteiger partial charge >= 0.3 is 5.97 Å². The molecular formula is C40H37N7O3. The zero-order valence-electron chi connectivity index (χ0n) is 28.1. The number of nitriles is 1. The van der Waals surface area contributed by atoms with Gasteiger partial charge in [0.1, 0.15) is 17.1 Å². The van der Waals surface area contributed by atoms with Crippen molar-refractivity contribution in [3.63, 3.8) is 0 Å². The highest BCUT2D eigenvalue weighted by Crippen LogP contribution is 2.38. The first kappa shape index (κ1) is 31.6. The average Bonchev–Trinajstić information content (AvgIpc) is 3.75. The molecule has 8 rings (SSSR count). The molecule has 2 aliphatic rings. The summed E-state index contributed by atoms with van der Waals surface area (Å²) in [5, 5.41) is 24.0. The summed E-state index contributed by atoms with van der Waals surface area (Å²) < 4.78 is 6.28. The van der Waals surface area contributed by atoms with Crippen LogP contribution < -0.4 is 5.32 Å². The molecule has 10 nitrogen and oxygen atoms in total. The topological polar surface area (TPSA) is 131 Å². The van der Waals surface area contributed by atoms with E-state index in [0.29, 0.717) is 54.4 Å². The summed E-state index contributed by atoms with van der Waals surface area (Å²) in [5.74, 6) is 0.0483. The van der Waals surface area contributed by atoms with Crippen LogP contribution in [0.4, 0.5) is 11.5 Å². The molecule has 3 aromatic carbocycles. The largest absolute Gasteiger partial charge is 0.481 e. The number of oxazole rings is 1. The summed E-state index contributed by atoms with van der Waals surface area (Å²) in [7, 11) is 0. The van der Waals surface area contributed by atoms with Gasteiger partial charge in [-0.05, 0) is 116 Å². The first-order valence-corrected chi connectivity index (χ1v) is 17.1. The number of aromatic nitrogens is 3. The Kier molecular flexibility index (Phi) is 8.23. The van der Waals surface area contributed by atoms with E-state index < -0.39 is 5.97 Å². The lowest BCUT2D eigenvalue weighted by Gasteiger charge is -2.30. The molecule has 0 spiro atoms. The fraction of sp³-hybridized carbons (Fsp3) is 0.275. The third-order valence-corrected chi connectivity index (χ3v) is 10.2. The number of fused-ring (bicyclic) bond motifs is 2. The summed E-state index contributed by atoms with van der Waals surface area (Å²) >= 11 is 0. The second kappa shape index (κ2) is 13.0. The Hall–Kier alpha value is -5.63. The highest BCUT2D eigenvalue weighted by atomic mass is 16.4. The van der Waals surface area contributed by atoms with Gasteiger partial charge in [0.25, 0.3) is 0 Å². The maximum absolute atomic E-state index is 11.4. The summed E-state index contributed by atoms with van der Waals surface area (Å²) in [6.07, 6.45) is 5.68. The molecule has 5 heterocycles. The zero-order valence-corrected chi connectivity index (χ0v) is 28.1. The van der Waals surface area contributed by atoms with E-state index in [-0.39, 0.29) is 5.92 Å². The van der Waals surface area contributed by atoms with E-state index >= 15 is 0 Å². The number of likely N-dealkylation sites (tertiary alicyclic amines) is 2. The molecule has 1 atom stereocenters. The lowest BCUT2D eigenvalue weighted by Crippen LogP contribution is -2.36. The van der Waals surface area contributed by atoms with Gasteiger partial charge in [-0.15, -0.1) is 0 Å². The van der Waals surface area contributed by atoms with Crippen molar-refractivity contribution in [3.05, 3.63) is 101 Å². The van der Waals surface area contributed by atoms with Gasteiger partial charge < -0.3 is 14.8 Å². The van der Waals surface area contributed by atoms with Crippen LogP contribution in [0.15, 0.2) is 77.5 Å². The number of carboxylic acids is 1. The normalized spacial score (nSPS) is 16.5. The molecule has 3 aromatic heterocycles. The van der Waals surface area contributed by atoms with Crippen LogP contribution in [0.2, 0.25) is 0 Å². The minimum Gasteiger partial charge on any atom is -0.481 e. The molecule has 10 heteroatoms. The number of nitrogens with one attached hydrogen (secondary N) is 1. The Morgan fingerprint density at radius 3 is 2.50 bits per heavy atom. The maximum Gasteiger partial charge on any atom is 0.307 e. The van der Waals surface area contributed by atoms with Crippen LogP contribution in [-0.4, -0.2) is 62.0 Å². The van der Waals surface area contributed by atoms with Gasteiger partial charge in [-0.2, -0.15) is 5.26 Å². The lowest BCUT2D eigenvalue weighted by atomic mass is 9.93. The number of pyridine rings is 2. The number of hydrogen-bond acceptors (Lipinski definition) is 9. The van der Waals surface area contributed by atoms with Crippen LogP contribution in [0.5, 0.6) is 0 Å². The lowest BCUT2D eigenvalue weighted by molar-refractivity contribution is -0.141. The van der Waals surface area contributed by atoms with E-state index in [4.69, 9.17) is 14.4 Å². The van der Waals surface area contributed by atoms with E-state index in [1.165, 1.54) is 12.0 Å². The van der Waals surface area contributed by atoms with Gasteiger partial charge in [0.05, 0.1) is 11.5 Å². The van der Waals surface area contributed by atoms with Crippen molar-refractivity contribution in [1.82, 2.24) is 24.8 Å². The number of nitrogens with zero attached hydrogens (tertiary/aromatic N) is 6. The molecule has 0 bridgehead atoms. The maximum atomic E-state index is 11.4. The highest BCUT2D eigenvalue weighted by molar-refractivity contribution is 5.91. The van der Waals surface area contributed by atoms with Gasteiger partial charge in [-0.1, -0.05) is 24.3 Å². The molecule has 2 fully saturated rings. The van der Waals surface area contributed by atoms with Crippen LogP contribution in [0.25, 0.3) is 44.6 Å². The first-order valence-electron chi connectivity index (χ1n) is 17.1. The van der Waals surface area contributed by atoms with Crippen molar-refractivity contribution >= 4 is 39.5 Å². The number of rotatable bonds is 9. The van der Waals surface area contributed by atoms with Crippen molar-refractivity contribution < 1.29 is 14.3 Å². The second-order valence-electron chi connectivity index (χ2n) is 13.5. The van der Waals surface area contributed by atoms with E-state index in [0.717, 1.165) is 69.6 Å². The molecule has 0 saturated carbocycles. The molecule has 2 N–H and O–H groups in total.